The molecule has 7 heteroatoms. The summed E-state index contributed by atoms with van der Waals surface area (Å²) in [6.07, 6.45) is -1.58. The summed E-state index contributed by atoms with van der Waals surface area (Å²) in [6, 6.07) is 6.06. The Hall–Kier alpha value is -0.190. The normalized spacial score (nSPS) is 13.3. The van der Waals surface area contributed by atoms with Crippen molar-refractivity contribution in [1.29, 1.82) is 0 Å². The van der Waals surface area contributed by atoms with Crippen LogP contribution in [-0.4, -0.2) is 21.0 Å². The van der Waals surface area contributed by atoms with Crippen LogP contribution in [0.2, 0.25) is 5.02 Å². The van der Waals surface area contributed by atoms with Gasteiger partial charge in [0.1, 0.15) is 0 Å². The summed E-state index contributed by atoms with van der Waals surface area (Å²) in [5.74, 6) is -0.560. The molecule has 1 rings (SSSR count). The van der Waals surface area contributed by atoms with Gasteiger partial charge in [-0.3, -0.25) is 4.79 Å². The average molecular weight is 303 g/mol. The van der Waals surface area contributed by atoms with Gasteiger partial charge in [-0.25, -0.2) is 0 Å². The van der Waals surface area contributed by atoms with Crippen LogP contribution in [-0.2, 0) is 0 Å². The first-order chi connectivity index (χ1) is 7.30. The van der Waals surface area contributed by atoms with Crippen molar-refractivity contribution in [3.05, 3.63) is 34.9 Å². The predicted molar refractivity (Wildman–Crippen MR) is 65.2 cm³/mol. The van der Waals surface area contributed by atoms with Crippen LogP contribution in [0, 0.1) is 0 Å². The second-order valence-corrected chi connectivity index (χ2v) is 5.73. The molecule has 0 spiro atoms. The van der Waals surface area contributed by atoms with E-state index in [0.29, 0.717) is 10.6 Å². The quantitative estimate of drug-likeness (QED) is 0.652. The van der Waals surface area contributed by atoms with Crippen LogP contribution in [0.4, 0.5) is 0 Å². The van der Waals surface area contributed by atoms with E-state index in [2.05, 4.69) is 5.32 Å². The molecular weight excluding hydrogens is 296 g/mol. The number of benzene rings is 1. The predicted octanol–water partition coefficient (Wildman–Crippen LogP) is 2.76. The molecule has 88 valence electrons. The van der Waals surface area contributed by atoms with Gasteiger partial charge in [-0.05, 0) is 24.3 Å². The number of hydrogen-bond donors (Lipinski definition) is 2. The minimum absolute atomic E-state index is 0.303. The Kier molecular flexibility index (Phi) is 4.71. The van der Waals surface area contributed by atoms with Gasteiger partial charge in [0, 0.05) is 10.6 Å². The van der Waals surface area contributed by atoms with E-state index in [9.17, 15) is 9.90 Å². The first-order valence-corrected chi connectivity index (χ1v) is 5.63. The van der Waals surface area contributed by atoms with Crippen LogP contribution in [0.1, 0.15) is 10.4 Å². The van der Waals surface area contributed by atoms with E-state index in [1.165, 1.54) is 24.3 Å². The van der Waals surface area contributed by atoms with Gasteiger partial charge in [0.15, 0.2) is 6.23 Å². The number of carbonyl (C=O) groups is 1. The van der Waals surface area contributed by atoms with Gasteiger partial charge in [-0.1, -0.05) is 46.4 Å². The van der Waals surface area contributed by atoms with Gasteiger partial charge >= 0.3 is 0 Å². The molecule has 0 heterocycles. The number of halogens is 4. The largest absolute Gasteiger partial charge is 0.369 e. The maximum Gasteiger partial charge on any atom is 0.253 e. The van der Waals surface area contributed by atoms with E-state index in [-0.39, 0.29) is 0 Å². The van der Waals surface area contributed by atoms with E-state index in [1.54, 1.807) is 0 Å². The van der Waals surface area contributed by atoms with Crippen LogP contribution >= 0.6 is 46.4 Å². The Morgan fingerprint density at radius 1 is 1.25 bits per heavy atom. The number of nitrogens with one attached hydrogen (secondary N) is 1. The molecule has 3 nitrogen and oxygen atoms in total. The highest BCUT2D eigenvalue weighted by Gasteiger charge is 2.32. The average Bonchev–Trinajstić information content (AvgIpc) is 2.17. The van der Waals surface area contributed by atoms with E-state index >= 15 is 0 Å². The van der Waals surface area contributed by atoms with Gasteiger partial charge in [0.25, 0.3) is 5.91 Å². The first-order valence-electron chi connectivity index (χ1n) is 4.12. The minimum Gasteiger partial charge on any atom is -0.369 e. The standard InChI is InChI=1S/C9H7Cl4NO2/c10-6-3-1-5(2-4-6)7(15)14-8(16)9(11,12)13/h1-4,8,16H,(H,14,15)/t8-/m1/s1. The van der Waals surface area contributed by atoms with Crippen LogP contribution in [0.5, 0.6) is 0 Å². The highest BCUT2D eigenvalue weighted by atomic mass is 35.6. The molecule has 0 saturated heterocycles. The molecule has 0 aliphatic heterocycles. The Morgan fingerprint density at radius 2 is 1.75 bits per heavy atom. The van der Waals surface area contributed by atoms with E-state index in [4.69, 9.17) is 46.4 Å². The topological polar surface area (TPSA) is 49.3 Å². The lowest BCUT2D eigenvalue weighted by Crippen LogP contribution is -2.43. The summed E-state index contributed by atoms with van der Waals surface area (Å²) in [5, 5.41) is 12.0. The molecule has 0 fully saturated rings. The number of hydrogen-bond acceptors (Lipinski definition) is 2. The summed E-state index contributed by atoms with van der Waals surface area (Å²) < 4.78 is -1.97. The lowest BCUT2D eigenvalue weighted by atomic mass is 10.2. The second-order valence-electron chi connectivity index (χ2n) is 2.92. The van der Waals surface area contributed by atoms with Crippen molar-refractivity contribution in [2.24, 2.45) is 0 Å². The fourth-order valence-electron chi connectivity index (χ4n) is 0.891. The molecule has 2 N–H and O–H groups in total. The molecule has 1 atom stereocenters. The molecule has 1 aromatic rings. The number of carbonyl (C=O) groups excluding carboxylic acids is 1. The summed E-state index contributed by atoms with van der Waals surface area (Å²) in [5.41, 5.74) is 0.303. The SMILES string of the molecule is O=C(N[C@H](O)C(Cl)(Cl)Cl)c1ccc(Cl)cc1. The fraction of sp³-hybridized carbons (Fsp3) is 0.222. The number of alkyl halides is 3. The third kappa shape index (κ3) is 4.00. The highest BCUT2D eigenvalue weighted by molar-refractivity contribution is 6.68. The summed E-state index contributed by atoms with van der Waals surface area (Å²) in [4.78, 5) is 11.5. The number of amides is 1. The van der Waals surface area contributed by atoms with Crippen molar-refractivity contribution in [1.82, 2.24) is 5.32 Å². The monoisotopic (exact) mass is 301 g/mol. The van der Waals surface area contributed by atoms with Crippen LogP contribution < -0.4 is 5.32 Å². The molecule has 0 aromatic heterocycles. The molecule has 0 saturated carbocycles. The van der Waals surface area contributed by atoms with E-state index in [1.807, 2.05) is 0 Å². The van der Waals surface area contributed by atoms with Gasteiger partial charge < -0.3 is 10.4 Å². The van der Waals surface area contributed by atoms with Crippen LogP contribution in [0.15, 0.2) is 24.3 Å². The van der Waals surface area contributed by atoms with Crippen LogP contribution in [0.3, 0.4) is 0 Å². The van der Waals surface area contributed by atoms with Gasteiger partial charge in [0.2, 0.25) is 3.79 Å². The smallest absolute Gasteiger partial charge is 0.253 e. The third-order valence-electron chi connectivity index (χ3n) is 1.68. The fourth-order valence-corrected chi connectivity index (χ4v) is 1.18. The van der Waals surface area contributed by atoms with E-state index in [0.717, 1.165) is 0 Å². The maximum atomic E-state index is 11.5. The van der Waals surface area contributed by atoms with Crippen LogP contribution in [0.25, 0.3) is 0 Å². The zero-order valence-corrected chi connectivity index (χ0v) is 10.8. The van der Waals surface area contributed by atoms with Crippen molar-refractivity contribution < 1.29 is 9.90 Å². The molecular formula is C9H7Cl4NO2. The molecule has 0 unspecified atom stereocenters. The number of rotatable bonds is 2. The lowest BCUT2D eigenvalue weighted by Gasteiger charge is -2.19. The van der Waals surface area contributed by atoms with Gasteiger partial charge in [0.05, 0.1) is 0 Å². The third-order valence-corrected chi connectivity index (χ3v) is 2.56. The van der Waals surface area contributed by atoms with Gasteiger partial charge in [-0.2, -0.15) is 0 Å². The van der Waals surface area contributed by atoms with E-state index < -0.39 is 15.9 Å². The molecule has 1 aromatic carbocycles. The second kappa shape index (κ2) is 5.43. The molecule has 1 amide bonds. The zero-order chi connectivity index (χ0) is 12.3. The Labute approximate surface area is 112 Å². The highest BCUT2D eigenvalue weighted by Crippen LogP contribution is 2.29. The van der Waals surface area contributed by atoms with Crippen molar-refractivity contribution in [3.63, 3.8) is 0 Å². The van der Waals surface area contributed by atoms with Crippen molar-refractivity contribution in [2.45, 2.75) is 10.0 Å². The zero-order valence-electron chi connectivity index (χ0n) is 7.75. The first kappa shape index (κ1) is 13.9. The lowest BCUT2D eigenvalue weighted by molar-refractivity contribution is 0.0792. The van der Waals surface area contributed by atoms with Crippen molar-refractivity contribution in [2.75, 3.05) is 0 Å². The number of aliphatic hydroxyl groups is 1. The van der Waals surface area contributed by atoms with Crippen molar-refractivity contribution >= 4 is 52.3 Å². The summed E-state index contributed by atoms with van der Waals surface area (Å²) >= 11 is 21.8. The Balaban J connectivity index is 2.70. The summed E-state index contributed by atoms with van der Waals surface area (Å²) in [6.45, 7) is 0. The molecule has 0 aliphatic carbocycles. The van der Waals surface area contributed by atoms with Crippen molar-refractivity contribution in [3.8, 4) is 0 Å². The Morgan fingerprint density at radius 3 is 2.19 bits per heavy atom. The molecule has 16 heavy (non-hydrogen) atoms. The number of aliphatic hydroxyl groups excluding tert-OH is 1. The Bertz CT molecular complexity index is 374. The maximum absolute atomic E-state index is 11.5. The molecule has 0 aliphatic rings. The summed E-state index contributed by atoms with van der Waals surface area (Å²) in [7, 11) is 0. The molecule has 0 bridgehead atoms. The minimum atomic E-state index is -1.97. The molecule has 0 radical (unpaired) electrons. The van der Waals surface area contributed by atoms with Gasteiger partial charge in [-0.15, -0.1) is 0 Å².